The first-order valence-electron chi connectivity index (χ1n) is 6.19. The van der Waals surface area contributed by atoms with E-state index in [2.05, 4.69) is 0 Å². The molecule has 0 spiro atoms. The van der Waals surface area contributed by atoms with Crippen molar-refractivity contribution >= 4 is 0 Å². The monoisotopic (exact) mass is 274 g/mol. The number of benzene rings is 2. The van der Waals surface area contributed by atoms with E-state index in [1.165, 1.54) is 0 Å². The highest BCUT2D eigenvalue weighted by atomic mass is 16.5. The summed E-state index contributed by atoms with van der Waals surface area (Å²) in [6.45, 7) is 0. The van der Waals surface area contributed by atoms with Crippen LogP contribution in [-0.4, -0.2) is 28.4 Å². The van der Waals surface area contributed by atoms with Crippen molar-refractivity contribution in [2.24, 2.45) is 0 Å². The summed E-state index contributed by atoms with van der Waals surface area (Å²) in [5.41, 5.74) is 1.91. The van der Waals surface area contributed by atoms with Crippen LogP contribution in [0.4, 0.5) is 0 Å². The van der Waals surface area contributed by atoms with Crippen molar-refractivity contribution in [3.05, 3.63) is 36.4 Å². The van der Waals surface area contributed by atoms with Crippen molar-refractivity contribution in [1.82, 2.24) is 0 Å². The van der Waals surface area contributed by atoms with Gasteiger partial charge in [0.1, 0.15) is 0 Å². The van der Waals surface area contributed by atoms with Gasteiger partial charge in [-0.05, 0) is 11.6 Å². The van der Waals surface area contributed by atoms with Crippen LogP contribution >= 0.6 is 0 Å². The molecule has 0 aliphatic carbocycles. The van der Waals surface area contributed by atoms with Crippen molar-refractivity contribution in [3.8, 4) is 34.1 Å². The Hall–Kier alpha value is -2.36. The summed E-state index contributed by atoms with van der Waals surface area (Å²) in [5.74, 6) is 2.26. The van der Waals surface area contributed by atoms with Gasteiger partial charge in [0.25, 0.3) is 0 Å². The van der Waals surface area contributed by atoms with Gasteiger partial charge in [-0.1, -0.05) is 30.3 Å². The zero-order chi connectivity index (χ0) is 14.5. The minimum Gasteiger partial charge on any atom is -0.493 e. The summed E-state index contributed by atoms with van der Waals surface area (Å²) in [6.07, 6.45) is 0. The van der Waals surface area contributed by atoms with Crippen LogP contribution in [0.3, 0.4) is 0 Å². The van der Waals surface area contributed by atoms with Gasteiger partial charge in [0, 0.05) is 5.56 Å². The largest absolute Gasteiger partial charge is 0.493 e. The molecule has 0 saturated carbocycles. The summed E-state index contributed by atoms with van der Waals surface area (Å²) in [4.78, 5) is 0. The minimum absolute atomic E-state index is 0.520. The normalized spacial score (nSPS) is 10.0. The lowest BCUT2D eigenvalue weighted by Crippen LogP contribution is -1.99. The lowest BCUT2D eigenvalue weighted by atomic mass is 10.0. The van der Waals surface area contributed by atoms with Crippen molar-refractivity contribution in [1.29, 1.82) is 0 Å². The van der Waals surface area contributed by atoms with Gasteiger partial charge in [0.15, 0.2) is 11.5 Å². The molecule has 0 atom stereocenters. The van der Waals surface area contributed by atoms with E-state index in [-0.39, 0.29) is 0 Å². The molecule has 0 fully saturated rings. The number of methoxy groups -OCH3 is 4. The molecular weight excluding hydrogens is 256 g/mol. The smallest absolute Gasteiger partial charge is 0.207 e. The van der Waals surface area contributed by atoms with Crippen molar-refractivity contribution < 1.29 is 18.9 Å². The van der Waals surface area contributed by atoms with Gasteiger partial charge in [-0.3, -0.25) is 0 Å². The van der Waals surface area contributed by atoms with E-state index in [4.69, 9.17) is 18.9 Å². The van der Waals surface area contributed by atoms with Gasteiger partial charge in [-0.25, -0.2) is 0 Å². The molecule has 4 nitrogen and oxygen atoms in total. The van der Waals surface area contributed by atoms with Gasteiger partial charge in [0.2, 0.25) is 11.5 Å². The van der Waals surface area contributed by atoms with Crippen LogP contribution in [0.15, 0.2) is 36.4 Å². The van der Waals surface area contributed by atoms with Crippen LogP contribution in [-0.2, 0) is 0 Å². The molecule has 2 rings (SSSR count). The maximum atomic E-state index is 5.50. The molecule has 4 heteroatoms. The van der Waals surface area contributed by atoms with Crippen molar-refractivity contribution in [3.63, 3.8) is 0 Å². The number of hydrogen-bond donors (Lipinski definition) is 0. The van der Waals surface area contributed by atoms with E-state index in [9.17, 15) is 0 Å². The molecule has 20 heavy (non-hydrogen) atoms. The Morgan fingerprint density at radius 1 is 0.650 bits per heavy atom. The minimum atomic E-state index is 0.520. The molecule has 2 aromatic rings. The van der Waals surface area contributed by atoms with E-state index < -0.39 is 0 Å². The average molecular weight is 274 g/mol. The standard InChI is InChI=1S/C16H18O4/c1-17-13-10-12(11-8-6-5-7-9-11)14(18-2)16(20-4)15(13)19-3/h5-10H,1-4H3. The Bertz CT molecular complexity index is 579. The zero-order valence-corrected chi connectivity index (χ0v) is 12.1. The van der Waals surface area contributed by atoms with Crippen molar-refractivity contribution in [2.45, 2.75) is 0 Å². The van der Waals surface area contributed by atoms with Crippen LogP contribution in [0.25, 0.3) is 11.1 Å². The first kappa shape index (κ1) is 14.1. The van der Waals surface area contributed by atoms with Gasteiger partial charge in [0.05, 0.1) is 28.4 Å². The second-order valence-corrected chi connectivity index (χ2v) is 4.09. The first-order valence-corrected chi connectivity index (χ1v) is 6.19. The summed E-state index contributed by atoms with van der Waals surface area (Å²) >= 11 is 0. The van der Waals surface area contributed by atoms with E-state index in [1.807, 2.05) is 36.4 Å². The zero-order valence-electron chi connectivity index (χ0n) is 12.1. The molecule has 0 aromatic heterocycles. The van der Waals surface area contributed by atoms with E-state index in [0.717, 1.165) is 11.1 Å². The highest BCUT2D eigenvalue weighted by molar-refractivity contribution is 5.79. The predicted octanol–water partition coefficient (Wildman–Crippen LogP) is 3.39. The van der Waals surface area contributed by atoms with Crippen molar-refractivity contribution in [2.75, 3.05) is 28.4 Å². The SMILES string of the molecule is COc1cc(-c2ccccc2)c(OC)c(OC)c1OC. The number of hydrogen-bond acceptors (Lipinski definition) is 4. The lowest BCUT2D eigenvalue weighted by molar-refractivity contribution is 0.306. The van der Waals surface area contributed by atoms with Gasteiger partial charge >= 0.3 is 0 Å². The lowest BCUT2D eigenvalue weighted by Gasteiger charge is -2.18. The van der Waals surface area contributed by atoms with E-state index in [1.54, 1.807) is 28.4 Å². The topological polar surface area (TPSA) is 36.9 Å². The number of ether oxygens (including phenoxy) is 4. The molecule has 106 valence electrons. The number of rotatable bonds is 5. The third-order valence-electron chi connectivity index (χ3n) is 3.07. The Labute approximate surface area is 118 Å². The second-order valence-electron chi connectivity index (χ2n) is 4.09. The first-order chi connectivity index (χ1) is 9.76. The molecule has 0 saturated heterocycles. The molecule has 0 radical (unpaired) electrons. The van der Waals surface area contributed by atoms with Gasteiger partial charge in [-0.15, -0.1) is 0 Å². The summed E-state index contributed by atoms with van der Waals surface area (Å²) in [6, 6.07) is 11.8. The molecule has 0 unspecified atom stereocenters. The predicted molar refractivity (Wildman–Crippen MR) is 78.1 cm³/mol. The quantitative estimate of drug-likeness (QED) is 0.837. The molecule has 0 aliphatic heterocycles. The molecule has 0 heterocycles. The maximum absolute atomic E-state index is 5.50. The summed E-state index contributed by atoms with van der Waals surface area (Å²) in [5, 5.41) is 0. The maximum Gasteiger partial charge on any atom is 0.207 e. The Morgan fingerprint density at radius 2 is 1.25 bits per heavy atom. The summed E-state index contributed by atoms with van der Waals surface area (Å²) < 4.78 is 21.7. The molecule has 0 aliphatic rings. The third kappa shape index (κ3) is 2.37. The fourth-order valence-corrected chi connectivity index (χ4v) is 2.16. The molecule has 0 amide bonds. The van der Waals surface area contributed by atoms with Crippen LogP contribution in [0.5, 0.6) is 23.0 Å². The Morgan fingerprint density at radius 3 is 1.75 bits per heavy atom. The summed E-state index contributed by atoms with van der Waals surface area (Å²) in [7, 11) is 6.35. The highest BCUT2D eigenvalue weighted by Crippen LogP contribution is 2.49. The van der Waals surface area contributed by atoms with Crippen LogP contribution in [0.2, 0.25) is 0 Å². The highest BCUT2D eigenvalue weighted by Gasteiger charge is 2.22. The van der Waals surface area contributed by atoms with Crippen LogP contribution < -0.4 is 18.9 Å². The third-order valence-corrected chi connectivity index (χ3v) is 3.07. The van der Waals surface area contributed by atoms with Gasteiger partial charge < -0.3 is 18.9 Å². The fourth-order valence-electron chi connectivity index (χ4n) is 2.16. The fraction of sp³-hybridized carbons (Fsp3) is 0.250. The van der Waals surface area contributed by atoms with E-state index >= 15 is 0 Å². The van der Waals surface area contributed by atoms with Gasteiger partial charge in [-0.2, -0.15) is 0 Å². The van der Waals surface area contributed by atoms with Crippen LogP contribution in [0, 0.1) is 0 Å². The Balaban J connectivity index is 2.74. The average Bonchev–Trinajstić information content (AvgIpc) is 2.53. The molecule has 2 aromatic carbocycles. The molecule has 0 N–H and O–H groups in total. The van der Waals surface area contributed by atoms with Crippen LogP contribution in [0.1, 0.15) is 0 Å². The molecule has 0 bridgehead atoms. The van der Waals surface area contributed by atoms with E-state index in [0.29, 0.717) is 23.0 Å². The molecular formula is C16H18O4. The second kappa shape index (κ2) is 6.19. The Kier molecular flexibility index (Phi) is 4.35.